The summed E-state index contributed by atoms with van der Waals surface area (Å²) in [5.41, 5.74) is 5.46. The molecule has 2 amide bonds. The number of hydrogen-bond acceptors (Lipinski definition) is 4. The minimum absolute atomic E-state index is 0.174. The van der Waals surface area contributed by atoms with Gasteiger partial charge in [-0.2, -0.15) is 0 Å². The molecule has 2 aromatic heterocycles. The highest BCUT2D eigenvalue weighted by Gasteiger charge is 2.36. The van der Waals surface area contributed by atoms with Gasteiger partial charge in [0.1, 0.15) is 16.5 Å². The van der Waals surface area contributed by atoms with Crippen LogP contribution in [0.15, 0.2) is 66.9 Å². The monoisotopic (exact) mass is 499 g/mol. The number of fused-ring (bicyclic) bond motifs is 5. The third kappa shape index (κ3) is 3.84. The van der Waals surface area contributed by atoms with Crippen molar-refractivity contribution in [3.8, 4) is 16.5 Å². The summed E-state index contributed by atoms with van der Waals surface area (Å²) in [7, 11) is 3.22. The van der Waals surface area contributed by atoms with Crippen LogP contribution in [0.2, 0.25) is 0 Å². The fourth-order valence-electron chi connectivity index (χ4n) is 5.47. The lowest BCUT2D eigenvalue weighted by Gasteiger charge is -2.31. The lowest BCUT2D eigenvalue weighted by atomic mass is 9.95. The molecular weight excluding hydrogens is 470 g/mol. The van der Waals surface area contributed by atoms with Gasteiger partial charge in [0.15, 0.2) is 0 Å². The van der Waals surface area contributed by atoms with Crippen molar-refractivity contribution in [2.24, 2.45) is 0 Å². The number of methoxy groups -OCH3 is 2. The number of anilines is 1. The van der Waals surface area contributed by atoms with E-state index in [0.29, 0.717) is 23.7 Å². The molecule has 36 heavy (non-hydrogen) atoms. The van der Waals surface area contributed by atoms with Crippen LogP contribution < -0.4 is 14.8 Å². The minimum Gasteiger partial charge on any atom is -0.497 e. The maximum atomic E-state index is 14.1. The number of hydrogen-bond donors (Lipinski definition) is 1. The number of urea groups is 1. The quantitative estimate of drug-likeness (QED) is 0.345. The Morgan fingerprint density at radius 2 is 1.81 bits per heavy atom. The second-order valence-electron chi connectivity index (χ2n) is 9.24. The van der Waals surface area contributed by atoms with Crippen LogP contribution in [-0.4, -0.2) is 29.7 Å². The van der Waals surface area contributed by atoms with Crippen molar-refractivity contribution in [3.05, 3.63) is 94.1 Å². The number of amides is 2. The van der Waals surface area contributed by atoms with Crippen LogP contribution in [0.4, 0.5) is 10.5 Å². The highest BCUT2D eigenvalue weighted by atomic mass is 32.1. The first-order valence-corrected chi connectivity index (χ1v) is 13.1. The summed E-state index contributed by atoms with van der Waals surface area (Å²) in [4.78, 5) is 17.6. The van der Waals surface area contributed by atoms with E-state index in [1.54, 1.807) is 20.3 Å². The van der Waals surface area contributed by atoms with Crippen molar-refractivity contribution in [1.82, 2.24) is 9.47 Å². The van der Waals surface area contributed by atoms with Gasteiger partial charge in [-0.1, -0.05) is 30.3 Å². The topological polar surface area (TPSA) is 55.7 Å². The average Bonchev–Trinajstić information content (AvgIpc) is 3.51. The molecule has 1 atom stereocenters. The van der Waals surface area contributed by atoms with Crippen LogP contribution in [-0.2, 0) is 19.4 Å². The second kappa shape index (κ2) is 9.39. The second-order valence-corrected chi connectivity index (χ2v) is 10.3. The maximum Gasteiger partial charge on any atom is 0.323 e. The molecule has 1 N–H and O–H groups in total. The molecule has 0 radical (unpaired) electrons. The number of nitrogens with one attached hydrogen (secondary N) is 1. The van der Waals surface area contributed by atoms with Gasteiger partial charge in [-0.05, 0) is 61.1 Å². The van der Waals surface area contributed by atoms with Crippen LogP contribution in [0.5, 0.6) is 11.5 Å². The average molecular weight is 500 g/mol. The maximum absolute atomic E-state index is 14.1. The largest absolute Gasteiger partial charge is 0.497 e. The molecule has 0 saturated carbocycles. The smallest absolute Gasteiger partial charge is 0.323 e. The zero-order chi connectivity index (χ0) is 24.6. The van der Waals surface area contributed by atoms with Gasteiger partial charge in [0.25, 0.3) is 0 Å². The highest BCUT2D eigenvalue weighted by molar-refractivity contribution is 7.15. The van der Waals surface area contributed by atoms with Gasteiger partial charge in [-0.3, -0.25) is 0 Å². The molecule has 0 bridgehead atoms. The van der Waals surface area contributed by atoms with Crippen molar-refractivity contribution < 1.29 is 14.3 Å². The normalized spacial score (nSPS) is 16.4. The molecule has 6 nitrogen and oxygen atoms in total. The molecule has 0 unspecified atom stereocenters. The Morgan fingerprint density at radius 3 is 2.61 bits per heavy atom. The van der Waals surface area contributed by atoms with Gasteiger partial charge < -0.3 is 24.3 Å². The van der Waals surface area contributed by atoms with Crippen molar-refractivity contribution >= 4 is 23.1 Å². The lowest BCUT2D eigenvalue weighted by Crippen LogP contribution is -2.38. The Kier molecular flexibility index (Phi) is 5.93. The molecule has 7 heteroatoms. The highest BCUT2D eigenvalue weighted by Crippen LogP contribution is 2.44. The Hall–Kier alpha value is -3.71. The van der Waals surface area contributed by atoms with E-state index < -0.39 is 0 Å². The van der Waals surface area contributed by atoms with Gasteiger partial charge in [-0.15, -0.1) is 11.3 Å². The molecule has 4 aromatic rings. The fraction of sp³-hybridized carbons (Fsp3) is 0.276. The van der Waals surface area contributed by atoms with Crippen LogP contribution in [0.1, 0.15) is 46.1 Å². The van der Waals surface area contributed by atoms with E-state index in [4.69, 9.17) is 9.47 Å². The molecule has 184 valence electrons. The lowest BCUT2D eigenvalue weighted by molar-refractivity contribution is 0.194. The summed E-state index contributed by atoms with van der Waals surface area (Å²) in [5, 5.41) is 4.38. The molecule has 0 spiro atoms. The molecule has 0 saturated heterocycles. The van der Waals surface area contributed by atoms with Crippen molar-refractivity contribution in [2.75, 3.05) is 19.5 Å². The van der Waals surface area contributed by atoms with Crippen LogP contribution >= 0.6 is 11.3 Å². The standard InChI is InChI=1S/C29H29N3O3S/c1-34-20-14-15-25(35-2)23(17-20)30-29(33)32-18-22-21-11-6-7-13-26(21)36-28(22)31-16-8-12-24(31)27(32)19-9-4-3-5-10-19/h3-5,8-10,12,14-17,27H,6-7,11,13,18H2,1-2H3,(H,30,33)/t27-/m1/s1. The summed E-state index contributed by atoms with van der Waals surface area (Å²) < 4.78 is 13.2. The van der Waals surface area contributed by atoms with E-state index in [1.165, 1.54) is 33.8 Å². The van der Waals surface area contributed by atoms with E-state index in [9.17, 15) is 4.79 Å². The number of rotatable bonds is 4. The molecular formula is C29H29N3O3S. The van der Waals surface area contributed by atoms with Crippen LogP contribution in [0.3, 0.4) is 0 Å². The number of ether oxygens (including phenoxy) is 2. The first-order chi connectivity index (χ1) is 17.7. The Bertz CT molecular complexity index is 1410. The minimum atomic E-state index is -0.239. The third-order valence-corrected chi connectivity index (χ3v) is 8.54. The Labute approximate surface area is 215 Å². The van der Waals surface area contributed by atoms with E-state index in [0.717, 1.165) is 24.1 Å². The molecule has 2 aliphatic rings. The molecule has 0 fully saturated rings. The van der Waals surface area contributed by atoms with Gasteiger partial charge in [0.05, 0.1) is 38.2 Å². The summed E-state index contributed by atoms with van der Waals surface area (Å²) in [6, 6.07) is 19.5. The van der Waals surface area contributed by atoms with Crippen molar-refractivity contribution in [3.63, 3.8) is 0 Å². The number of benzene rings is 2. The fourth-order valence-corrected chi connectivity index (χ4v) is 6.88. The number of thiophene rings is 1. The third-order valence-electron chi connectivity index (χ3n) is 7.20. The molecule has 2 aromatic carbocycles. The zero-order valence-electron chi connectivity index (χ0n) is 20.5. The van der Waals surface area contributed by atoms with Gasteiger partial charge in [-0.25, -0.2) is 4.79 Å². The summed E-state index contributed by atoms with van der Waals surface area (Å²) in [6.45, 7) is 0.542. The van der Waals surface area contributed by atoms with Gasteiger partial charge in [0, 0.05) is 22.7 Å². The zero-order valence-corrected chi connectivity index (χ0v) is 21.3. The molecule has 6 rings (SSSR count). The van der Waals surface area contributed by atoms with E-state index in [-0.39, 0.29) is 12.1 Å². The first kappa shape index (κ1) is 22.7. The number of carbonyl (C=O) groups is 1. The van der Waals surface area contributed by atoms with E-state index in [1.807, 2.05) is 46.6 Å². The first-order valence-electron chi connectivity index (χ1n) is 12.3. The Morgan fingerprint density at radius 1 is 0.972 bits per heavy atom. The van der Waals surface area contributed by atoms with Crippen molar-refractivity contribution in [1.29, 1.82) is 0 Å². The Balaban J connectivity index is 1.48. The molecule has 1 aliphatic carbocycles. The molecule has 3 heterocycles. The number of carbonyl (C=O) groups excluding carboxylic acids is 1. The predicted molar refractivity (Wildman–Crippen MR) is 143 cm³/mol. The van der Waals surface area contributed by atoms with E-state index in [2.05, 4.69) is 40.3 Å². The number of aromatic nitrogens is 1. The van der Waals surface area contributed by atoms with Gasteiger partial charge >= 0.3 is 6.03 Å². The van der Waals surface area contributed by atoms with E-state index >= 15 is 0 Å². The van der Waals surface area contributed by atoms with Crippen LogP contribution in [0, 0.1) is 0 Å². The number of aryl methyl sites for hydroxylation is 1. The van der Waals surface area contributed by atoms with Crippen LogP contribution in [0.25, 0.3) is 5.00 Å². The van der Waals surface area contributed by atoms with Gasteiger partial charge in [0.2, 0.25) is 0 Å². The summed E-state index contributed by atoms with van der Waals surface area (Å²) in [5.74, 6) is 1.25. The summed E-state index contributed by atoms with van der Waals surface area (Å²) in [6.07, 6.45) is 6.77. The number of nitrogens with zero attached hydrogens (tertiary/aromatic N) is 2. The van der Waals surface area contributed by atoms with Crippen molar-refractivity contribution in [2.45, 2.75) is 38.3 Å². The molecule has 1 aliphatic heterocycles. The summed E-state index contributed by atoms with van der Waals surface area (Å²) >= 11 is 1.89. The predicted octanol–water partition coefficient (Wildman–Crippen LogP) is 6.57. The SMILES string of the molecule is COc1ccc(OC)c(NC(=O)N2Cc3c(sc4c3CCCC4)-n3cccc3[C@H]2c2ccccc2)c1.